The molecule has 0 aliphatic rings. The van der Waals surface area contributed by atoms with Gasteiger partial charge in [0.05, 0.1) is 0 Å². The molecule has 0 spiro atoms. The normalized spacial score (nSPS) is 13.4. The summed E-state index contributed by atoms with van der Waals surface area (Å²) in [6.07, 6.45) is 1.14. The smallest absolute Gasteiger partial charge is 0.208 e. The summed E-state index contributed by atoms with van der Waals surface area (Å²) in [6, 6.07) is 0. The monoisotopic (exact) mass is 140 g/mol. The highest BCUT2D eigenvalue weighted by molar-refractivity contribution is 6.35. The molecule has 0 aromatic rings. The Hall–Kier alpha value is 0.0249. The second-order valence-corrected chi connectivity index (χ2v) is 4.89. The lowest BCUT2D eigenvalue weighted by Crippen LogP contribution is -2.26. The van der Waals surface area contributed by atoms with Crippen LogP contribution < -0.4 is 5.64 Å². The lowest BCUT2D eigenvalue weighted by Gasteiger charge is -2.30. The van der Waals surface area contributed by atoms with Crippen LogP contribution in [0.25, 0.3) is 0 Å². The van der Waals surface area contributed by atoms with Gasteiger partial charge >= 0.3 is 0 Å². The molecular formula is C8H19BN. The van der Waals surface area contributed by atoms with E-state index in [1.54, 1.807) is 7.41 Å². The molecule has 1 radical (unpaired) electrons. The molecule has 0 atom stereocenters. The summed E-state index contributed by atoms with van der Waals surface area (Å²) in [5, 5.41) is 0.179. The maximum absolute atomic E-state index is 5.49. The van der Waals surface area contributed by atoms with Crippen LogP contribution in [0.3, 0.4) is 0 Å². The second kappa shape index (κ2) is 2.95. The van der Waals surface area contributed by atoms with Gasteiger partial charge in [-0.25, -0.2) is 0 Å². The van der Waals surface area contributed by atoms with Crippen molar-refractivity contribution in [2.24, 2.45) is 11.1 Å². The van der Waals surface area contributed by atoms with E-state index in [0.717, 1.165) is 6.42 Å². The van der Waals surface area contributed by atoms with E-state index in [4.69, 9.17) is 5.64 Å². The van der Waals surface area contributed by atoms with Crippen LogP contribution in [0.4, 0.5) is 0 Å². The Morgan fingerprint density at radius 2 is 1.50 bits per heavy atom. The van der Waals surface area contributed by atoms with Gasteiger partial charge in [0.2, 0.25) is 7.41 Å². The molecule has 0 aliphatic heterocycles. The summed E-state index contributed by atoms with van der Waals surface area (Å²) in [6.45, 7) is 11.0. The van der Waals surface area contributed by atoms with Crippen LogP contribution in [-0.2, 0) is 0 Å². The van der Waals surface area contributed by atoms with Crippen molar-refractivity contribution in [3.05, 3.63) is 0 Å². The SMILES string of the molecule is CC(C)(C)CC(C)(C)[B]N. The van der Waals surface area contributed by atoms with Crippen LogP contribution >= 0.6 is 0 Å². The summed E-state index contributed by atoms with van der Waals surface area (Å²) in [5.41, 5.74) is 5.86. The molecule has 0 amide bonds. The number of hydrogen-bond donors (Lipinski definition) is 1. The molecule has 0 rings (SSSR count). The van der Waals surface area contributed by atoms with Crippen molar-refractivity contribution in [2.75, 3.05) is 0 Å². The Labute approximate surface area is 65.6 Å². The van der Waals surface area contributed by atoms with Gasteiger partial charge in [-0.05, 0) is 17.2 Å². The Morgan fingerprint density at radius 3 is 1.60 bits per heavy atom. The van der Waals surface area contributed by atoms with Gasteiger partial charge in [0.25, 0.3) is 0 Å². The fraction of sp³-hybridized carbons (Fsp3) is 1.00. The summed E-state index contributed by atoms with van der Waals surface area (Å²) in [5.74, 6) is 0. The molecule has 0 aliphatic carbocycles. The minimum absolute atomic E-state index is 0.179. The van der Waals surface area contributed by atoms with Crippen LogP contribution in [0, 0.1) is 5.41 Å². The Morgan fingerprint density at radius 1 is 1.10 bits per heavy atom. The van der Waals surface area contributed by atoms with Crippen LogP contribution in [0.5, 0.6) is 0 Å². The molecule has 0 saturated carbocycles. The first-order chi connectivity index (χ1) is 4.27. The third-order valence-corrected chi connectivity index (χ3v) is 1.44. The quantitative estimate of drug-likeness (QED) is 0.584. The molecule has 0 saturated heterocycles. The zero-order valence-electron chi connectivity index (χ0n) is 7.86. The second-order valence-electron chi connectivity index (χ2n) is 4.89. The average Bonchev–Trinajstić information content (AvgIpc) is 1.60. The highest BCUT2D eigenvalue weighted by atomic mass is 14.4. The number of rotatable bonds is 2. The maximum atomic E-state index is 5.49. The van der Waals surface area contributed by atoms with Crippen molar-refractivity contribution in [3.8, 4) is 0 Å². The lowest BCUT2D eigenvalue weighted by molar-refractivity contribution is 0.328. The first-order valence-corrected chi connectivity index (χ1v) is 3.83. The van der Waals surface area contributed by atoms with E-state index in [1.165, 1.54) is 0 Å². The molecule has 0 heterocycles. The van der Waals surface area contributed by atoms with E-state index in [1.807, 2.05) is 0 Å². The number of hydrogen-bond acceptors (Lipinski definition) is 1. The van der Waals surface area contributed by atoms with Gasteiger partial charge in [-0.2, -0.15) is 0 Å². The molecule has 0 bridgehead atoms. The third kappa shape index (κ3) is 4.86. The fourth-order valence-corrected chi connectivity index (χ4v) is 1.43. The standard InChI is InChI=1S/C8H19BN/c1-7(2,3)6-8(4,5)9-10/h6,10H2,1-5H3. The van der Waals surface area contributed by atoms with E-state index < -0.39 is 0 Å². The highest BCUT2D eigenvalue weighted by Crippen LogP contribution is 2.36. The molecule has 0 unspecified atom stereocenters. The molecular weight excluding hydrogens is 121 g/mol. The average molecular weight is 140 g/mol. The zero-order valence-corrected chi connectivity index (χ0v) is 7.86. The van der Waals surface area contributed by atoms with Gasteiger partial charge in [0, 0.05) is 0 Å². The van der Waals surface area contributed by atoms with Crippen LogP contribution in [0.15, 0.2) is 0 Å². The van der Waals surface area contributed by atoms with Gasteiger partial charge in [0.15, 0.2) is 0 Å². The van der Waals surface area contributed by atoms with E-state index in [9.17, 15) is 0 Å². The molecule has 0 aromatic carbocycles. The molecule has 59 valence electrons. The Balaban J connectivity index is 3.89. The molecule has 0 aromatic heterocycles. The van der Waals surface area contributed by atoms with Gasteiger partial charge in [-0.3, -0.25) is 0 Å². The Bertz CT molecular complexity index is 102. The van der Waals surface area contributed by atoms with Crippen molar-refractivity contribution in [3.63, 3.8) is 0 Å². The van der Waals surface area contributed by atoms with Crippen molar-refractivity contribution < 1.29 is 0 Å². The van der Waals surface area contributed by atoms with Gasteiger partial charge in [-0.1, -0.05) is 34.6 Å². The van der Waals surface area contributed by atoms with Crippen molar-refractivity contribution >= 4 is 7.41 Å². The van der Waals surface area contributed by atoms with Crippen molar-refractivity contribution in [2.45, 2.75) is 46.4 Å². The molecule has 0 fully saturated rings. The first-order valence-electron chi connectivity index (χ1n) is 3.83. The molecule has 10 heavy (non-hydrogen) atoms. The topological polar surface area (TPSA) is 26.0 Å². The summed E-state index contributed by atoms with van der Waals surface area (Å²) < 4.78 is 0. The van der Waals surface area contributed by atoms with Crippen molar-refractivity contribution in [1.82, 2.24) is 0 Å². The maximum Gasteiger partial charge on any atom is 0.208 e. The van der Waals surface area contributed by atoms with Gasteiger partial charge in [0.1, 0.15) is 0 Å². The molecule has 2 heteroatoms. The largest absolute Gasteiger partial charge is 0.374 e. The van der Waals surface area contributed by atoms with E-state index in [2.05, 4.69) is 34.6 Å². The predicted octanol–water partition coefficient (Wildman–Crippen LogP) is 2.20. The van der Waals surface area contributed by atoms with Gasteiger partial charge < -0.3 is 5.64 Å². The summed E-state index contributed by atoms with van der Waals surface area (Å²) in [4.78, 5) is 0. The minimum Gasteiger partial charge on any atom is -0.374 e. The Kier molecular flexibility index (Phi) is 2.96. The van der Waals surface area contributed by atoms with E-state index >= 15 is 0 Å². The molecule has 2 N–H and O–H groups in total. The predicted molar refractivity (Wildman–Crippen MR) is 48.1 cm³/mol. The third-order valence-electron chi connectivity index (χ3n) is 1.44. The van der Waals surface area contributed by atoms with Gasteiger partial charge in [-0.15, -0.1) is 0 Å². The first kappa shape index (κ1) is 10.0. The fourth-order valence-electron chi connectivity index (χ4n) is 1.43. The van der Waals surface area contributed by atoms with E-state index in [-0.39, 0.29) is 5.31 Å². The summed E-state index contributed by atoms with van der Waals surface area (Å²) >= 11 is 0. The van der Waals surface area contributed by atoms with Crippen LogP contribution in [0.1, 0.15) is 41.0 Å². The van der Waals surface area contributed by atoms with Crippen LogP contribution in [-0.4, -0.2) is 7.41 Å². The minimum atomic E-state index is 0.179. The molecule has 1 nitrogen and oxygen atoms in total. The zero-order chi connectivity index (χ0) is 8.41. The number of nitrogens with two attached hydrogens (primary N) is 1. The summed E-state index contributed by atoms with van der Waals surface area (Å²) in [7, 11) is 1.79. The van der Waals surface area contributed by atoms with Crippen LogP contribution in [0.2, 0.25) is 5.31 Å². The lowest BCUT2D eigenvalue weighted by atomic mass is 9.58. The van der Waals surface area contributed by atoms with E-state index in [0.29, 0.717) is 5.41 Å². The van der Waals surface area contributed by atoms with Crippen molar-refractivity contribution in [1.29, 1.82) is 0 Å². The highest BCUT2D eigenvalue weighted by Gasteiger charge is 2.24.